The number of piperidine rings is 1. The Morgan fingerprint density at radius 1 is 1.48 bits per heavy atom. The second-order valence-corrected chi connectivity index (χ2v) is 5.88. The number of nitro groups is 1. The number of carbonyl (C=O) groups is 1. The molecule has 7 nitrogen and oxygen atoms in total. The Bertz CT molecular complexity index is 589. The molecule has 0 radical (unpaired) electrons. The van der Waals surface area contributed by atoms with Crippen LogP contribution in [0.15, 0.2) is 18.2 Å². The van der Waals surface area contributed by atoms with Crippen LogP contribution in [0.5, 0.6) is 0 Å². The number of nitrogens with zero attached hydrogens (tertiary/aromatic N) is 3. The average Bonchev–Trinajstić information content (AvgIpc) is 2.54. The van der Waals surface area contributed by atoms with Crippen molar-refractivity contribution in [3.05, 3.63) is 33.9 Å². The number of rotatable bonds is 5. The maximum absolute atomic E-state index is 12.0. The zero-order valence-electron chi connectivity index (χ0n) is 13.8. The first-order chi connectivity index (χ1) is 10.9. The molecule has 23 heavy (non-hydrogen) atoms. The minimum atomic E-state index is -0.651. The summed E-state index contributed by atoms with van der Waals surface area (Å²) in [6.45, 7) is 3.59. The third-order valence-electron chi connectivity index (χ3n) is 4.16. The van der Waals surface area contributed by atoms with Crippen LogP contribution in [-0.2, 0) is 4.74 Å². The fourth-order valence-electron chi connectivity index (χ4n) is 2.86. The Hall–Kier alpha value is -2.15. The van der Waals surface area contributed by atoms with Crippen molar-refractivity contribution in [2.75, 3.05) is 38.7 Å². The van der Waals surface area contributed by atoms with Gasteiger partial charge in [-0.2, -0.15) is 0 Å². The molecule has 0 saturated carbocycles. The number of esters is 1. The molecule has 0 bridgehead atoms. The van der Waals surface area contributed by atoms with Gasteiger partial charge in [-0.1, -0.05) is 0 Å². The van der Waals surface area contributed by atoms with Crippen LogP contribution < -0.4 is 4.90 Å². The van der Waals surface area contributed by atoms with Gasteiger partial charge in [-0.3, -0.25) is 10.1 Å². The maximum atomic E-state index is 12.0. The monoisotopic (exact) mass is 321 g/mol. The number of anilines is 1. The van der Waals surface area contributed by atoms with Gasteiger partial charge in [0.15, 0.2) is 0 Å². The summed E-state index contributed by atoms with van der Waals surface area (Å²) in [5.74, 6) is -0.651. The molecule has 1 atom stereocenters. The van der Waals surface area contributed by atoms with Gasteiger partial charge in [0.25, 0.3) is 5.69 Å². The number of hydrogen-bond acceptors (Lipinski definition) is 6. The molecule has 1 aliphatic rings. The summed E-state index contributed by atoms with van der Waals surface area (Å²) < 4.78 is 4.95. The number of hydrogen-bond donors (Lipinski definition) is 0. The third kappa shape index (κ3) is 3.98. The molecule has 1 heterocycles. The van der Waals surface area contributed by atoms with Gasteiger partial charge in [0.2, 0.25) is 0 Å². The first kappa shape index (κ1) is 17.2. The summed E-state index contributed by atoms with van der Waals surface area (Å²) in [6, 6.07) is 5.11. The Labute approximate surface area is 136 Å². The van der Waals surface area contributed by atoms with E-state index in [2.05, 4.69) is 9.80 Å². The molecule has 126 valence electrons. The van der Waals surface area contributed by atoms with Crippen molar-refractivity contribution in [1.29, 1.82) is 0 Å². The highest BCUT2D eigenvalue weighted by Gasteiger charge is 2.26. The molecule has 1 unspecified atom stereocenters. The lowest BCUT2D eigenvalue weighted by Crippen LogP contribution is -2.45. The molecule has 0 spiro atoms. The largest absolute Gasteiger partial charge is 0.462 e. The highest BCUT2D eigenvalue weighted by atomic mass is 16.6. The predicted octanol–water partition coefficient (Wildman–Crippen LogP) is 2.30. The van der Waals surface area contributed by atoms with Crippen LogP contribution in [0.4, 0.5) is 11.4 Å². The minimum absolute atomic E-state index is 0.0151. The van der Waals surface area contributed by atoms with Gasteiger partial charge >= 0.3 is 5.97 Å². The Balaban J connectivity index is 2.31. The fraction of sp³-hybridized carbons (Fsp3) is 0.562. The first-order valence-electron chi connectivity index (χ1n) is 7.81. The number of benzene rings is 1. The van der Waals surface area contributed by atoms with Crippen LogP contribution >= 0.6 is 0 Å². The van der Waals surface area contributed by atoms with E-state index in [1.165, 1.54) is 6.07 Å². The molecule has 1 fully saturated rings. The molecule has 0 aromatic heterocycles. The van der Waals surface area contributed by atoms with Crippen LogP contribution in [0.2, 0.25) is 0 Å². The van der Waals surface area contributed by atoms with Crippen molar-refractivity contribution < 1.29 is 14.5 Å². The summed E-state index contributed by atoms with van der Waals surface area (Å²) in [4.78, 5) is 27.0. The summed E-state index contributed by atoms with van der Waals surface area (Å²) in [6.07, 6.45) is 2.18. The van der Waals surface area contributed by atoms with Crippen LogP contribution in [0.1, 0.15) is 30.1 Å². The van der Waals surface area contributed by atoms with Crippen LogP contribution in [-0.4, -0.2) is 55.6 Å². The van der Waals surface area contributed by atoms with Crippen molar-refractivity contribution in [2.24, 2.45) is 0 Å². The zero-order chi connectivity index (χ0) is 17.0. The number of nitro benzene ring substituents is 1. The molecule has 0 N–H and O–H groups in total. The smallest absolute Gasteiger partial charge is 0.345 e. The topological polar surface area (TPSA) is 75.9 Å². The second kappa shape index (κ2) is 7.41. The van der Waals surface area contributed by atoms with Crippen LogP contribution in [0, 0.1) is 10.1 Å². The molecule has 0 aliphatic carbocycles. The van der Waals surface area contributed by atoms with E-state index in [1.807, 2.05) is 14.1 Å². The normalized spacial score (nSPS) is 18.1. The van der Waals surface area contributed by atoms with Gasteiger partial charge in [0.1, 0.15) is 5.56 Å². The van der Waals surface area contributed by atoms with Gasteiger partial charge in [-0.25, -0.2) is 4.79 Å². The van der Waals surface area contributed by atoms with Crippen LogP contribution in [0.3, 0.4) is 0 Å². The number of carbonyl (C=O) groups excluding carboxylic acids is 1. The quantitative estimate of drug-likeness (QED) is 0.470. The summed E-state index contributed by atoms with van der Waals surface area (Å²) >= 11 is 0. The first-order valence-corrected chi connectivity index (χ1v) is 7.81. The Morgan fingerprint density at radius 3 is 2.83 bits per heavy atom. The van der Waals surface area contributed by atoms with E-state index >= 15 is 0 Å². The third-order valence-corrected chi connectivity index (χ3v) is 4.16. The van der Waals surface area contributed by atoms with E-state index < -0.39 is 10.9 Å². The molecule has 7 heteroatoms. The lowest BCUT2D eigenvalue weighted by molar-refractivity contribution is -0.385. The van der Waals surface area contributed by atoms with E-state index in [-0.39, 0.29) is 17.9 Å². The van der Waals surface area contributed by atoms with E-state index in [0.29, 0.717) is 6.04 Å². The van der Waals surface area contributed by atoms with E-state index in [9.17, 15) is 14.9 Å². The van der Waals surface area contributed by atoms with E-state index in [0.717, 1.165) is 31.6 Å². The maximum Gasteiger partial charge on any atom is 0.345 e. The van der Waals surface area contributed by atoms with Gasteiger partial charge in [-0.15, -0.1) is 0 Å². The highest BCUT2D eigenvalue weighted by molar-refractivity contribution is 5.95. The highest BCUT2D eigenvalue weighted by Crippen LogP contribution is 2.28. The molecule has 0 amide bonds. The van der Waals surface area contributed by atoms with Gasteiger partial charge < -0.3 is 14.5 Å². The van der Waals surface area contributed by atoms with Gasteiger partial charge in [-0.05, 0) is 46.0 Å². The molecule has 1 aromatic rings. The zero-order valence-corrected chi connectivity index (χ0v) is 13.8. The van der Waals surface area contributed by atoms with Crippen molar-refractivity contribution >= 4 is 17.3 Å². The summed E-state index contributed by atoms with van der Waals surface area (Å²) in [7, 11) is 4.10. The molecule has 2 rings (SSSR count). The minimum Gasteiger partial charge on any atom is -0.462 e. The lowest BCUT2D eigenvalue weighted by Gasteiger charge is -2.37. The summed E-state index contributed by atoms with van der Waals surface area (Å²) in [5, 5.41) is 11.1. The van der Waals surface area contributed by atoms with Crippen molar-refractivity contribution in [3.63, 3.8) is 0 Å². The SMILES string of the molecule is CCOC(=O)c1cc(N2CCCC(N(C)C)C2)ccc1[N+](=O)[O-]. The van der Waals surface area contributed by atoms with Crippen molar-refractivity contribution in [3.8, 4) is 0 Å². The molecule has 1 saturated heterocycles. The predicted molar refractivity (Wildman–Crippen MR) is 88.0 cm³/mol. The second-order valence-electron chi connectivity index (χ2n) is 5.88. The summed E-state index contributed by atoms with van der Waals surface area (Å²) in [5.41, 5.74) is 0.625. The Morgan fingerprint density at radius 2 is 2.22 bits per heavy atom. The fourth-order valence-corrected chi connectivity index (χ4v) is 2.86. The standard InChI is InChI=1S/C16H23N3O4/c1-4-23-16(20)14-10-12(7-8-15(14)19(21)22)18-9-5-6-13(11-18)17(2)3/h7-8,10,13H,4-6,9,11H2,1-3H3. The molecule has 1 aliphatic heterocycles. The average molecular weight is 321 g/mol. The Kier molecular flexibility index (Phi) is 5.54. The molecular formula is C16H23N3O4. The van der Waals surface area contributed by atoms with Crippen LogP contribution in [0.25, 0.3) is 0 Å². The molecule has 1 aromatic carbocycles. The van der Waals surface area contributed by atoms with E-state index in [1.54, 1.807) is 19.1 Å². The van der Waals surface area contributed by atoms with Crippen molar-refractivity contribution in [2.45, 2.75) is 25.8 Å². The van der Waals surface area contributed by atoms with Gasteiger partial charge in [0, 0.05) is 30.9 Å². The van der Waals surface area contributed by atoms with Gasteiger partial charge in [0.05, 0.1) is 11.5 Å². The van der Waals surface area contributed by atoms with Crippen molar-refractivity contribution in [1.82, 2.24) is 4.90 Å². The molecular weight excluding hydrogens is 298 g/mol. The van der Waals surface area contributed by atoms with E-state index in [4.69, 9.17) is 4.74 Å². The lowest BCUT2D eigenvalue weighted by atomic mass is 10.0. The number of ether oxygens (including phenoxy) is 1. The number of likely N-dealkylation sites (N-methyl/N-ethyl adjacent to an activating group) is 1.